The van der Waals surface area contributed by atoms with E-state index in [1.54, 1.807) is 6.20 Å². The van der Waals surface area contributed by atoms with Gasteiger partial charge in [-0.3, -0.25) is 9.78 Å². The average molecular weight is 267 g/mol. The van der Waals surface area contributed by atoms with Gasteiger partial charge in [-0.2, -0.15) is 0 Å². The van der Waals surface area contributed by atoms with Crippen molar-refractivity contribution in [1.29, 1.82) is 0 Å². The zero-order valence-corrected chi connectivity index (χ0v) is 11.3. The molecule has 0 fully saturated rings. The summed E-state index contributed by atoms with van der Waals surface area (Å²) in [5, 5.41) is 0. The van der Waals surface area contributed by atoms with E-state index in [9.17, 15) is 9.59 Å². The number of carbonyl (C=O) groups excluding carboxylic acids is 2. The molecule has 0 unspecified atom stereocenters. The maximum Gasteiger partial charge on any atom is 0.358 e. The van der Waals surface area contributed by atoms with Crippen LogP contribution in [0.4, 0.5) is 5.82 Å². The minimum absolute atomic E-state index is 0.153. The minimum Gasteiger partial charge on any atom is -0.469 e. The molecule has 0 aliphatic carbocycles. The number of methoxy groups -OCH3 is 2. The van der Waals surface area contributed by atoms with Gasteiger partial charge in [0, 0.05) is 20.0 Å². The highest BCUT2D eigenvalue weighted by atomic mass is 16.5. The molecule has 0 aliphatic rings. The Morgan fingerprint density at radius 3 is 2.63 bits per heavy atom. The van der Waals surface area contributed by atoms with Crippen LogP contribution in [0.5, 0.6) is 0 Å². The monoisotopic (exact) mass is 267 g/mol. The Morgan fingerprint density at radius 2 is 2.00 bits per heavy atom. The van der Waals surface area contributed by atoms with Crippen LogP contribution in [0.15, 0.2) is 12.4 Å². The molecule has 0 saturated carbocycles. The first-order valence-electron chi connectivity index (χ1n) is 5.76. The highest BCUT2D eigenvalue weighted by Crippen LogP contribution is 2.09. The van der Waals surface area contributed by atoms with Crippen LogP contribution in [-0.2, 0) is 14.3 Å². The Bertz CT molecular complexity index is 450. The number of nitrogens with zero attached hydrogens (tertiary/aromatic N) is 3. The molecule has 7 heteroatoms. The van der Waals surface area contributed by atoms with Gasteiger partial charge in [0.25, 0.3) is 0 Å². The van der Waals surface area contributed by atoms with Crippen molar-refractivity contribution in [3.05, 3.63) is 18.1 Å². The zero-order valence-electron chi connectivity index (χ0n) is 11.3. The third-order valence-corrected chi connectivity index (χ3v) is 2.51. The van der Waals surface area contributed by atoms with E-state index < -0.39 is 5.97 Å². The quantitative estimate of drug-likeness (QED) is 0.700. The Morgan fingerprint density at radius 1 is 1.26 bits per heavy atom. The summed E-state index contributed by atoms with van der Waals surface area (Å²) in [6.07, 6.45) is 3.86. The summed E-state index contributed by atoms with van der Waals surface area (Å²) in [6, 6.07) is 0. The normalized spacial score (nSPS) is 9.84. The Balaban J connectivity index is 2.59. The Labute approximate surface area is 111 Å². The zero-order chi connectivity index (χ0) is 14.3. The lowest BCUT2D eigenvalue weighted by Gasteiger charge is -2.17. The van der Waals surface area contributed by atoms with Gasteiger partial charge in [0.05, 0.1) is 26.6 Å². The van der Waals surface area contributed by atoms with E-state index >= 15 is 0 Å². The van der Waals surface area contributed by atoms with Crippen LogP contribution in [-0.4, -0.2) is 49.7 Å². The van der Waals surface area contributed by atoms with Gasteiger partial charge in [0.2, 0.25) is 0 Å². The van der Waals surface area contributed by atoms with Crippen molar-refractivity contribution in [2.45, 2.75) is 12.8 Å². The Hall–Kier alpha value is -2.18. The molecule has 0 atom stereocenters. The first kappa shape index (κ1) is 14.9. The van der Waals surface area contributed by atoms with Crippen LogP contribution in [0.3, 0.4) is 0 Å². The molecule has 1 aromatic heterocycles. The number of hydrogen-bond acceptors (Lipinski definition) is 7. The number of carbonyl (C=O) groups is 2. The number of aromatic nitrogens is 2. The van der Waals surface area contributed by atoms with Crippen molar-refractivity contribution in [3.63, 3.8) is 0 Å². The summed E-state index contributed by atoms with van der Waals surface area (Å²) in [7, 11) is 4.45. The fraction of sp³-hybridized carbons (Fsp3) is 0.500. The van der Waals surface area contributed by atoms with Crippen molar-refractivity contribution in [2.75, 3.05) is 32.7 Å². The van der Waals surface area contributed by atoms with Gasteiger partial charge >= 0.3 is 11.9 Å². The largest absolute Gasteiger partial charge is 0.469 e. The summed E-state index contributed by atoms with van der Waals surface area (Å²) in [4.78, 5) is 32.2. The van der Waals surface area contributed by atoms with Crippen LogP contribution in [0.25, 0.3) is 0 Å². The number of rotatable bonds is 6. The maximum atomic E-state index is 11.3. The number of hydrogen-bond donors (Lipinski definition) is 0. The smallest absolute Gasteiger partial charge is 0.358 e. The third kappa shape index (κ3) is 4.53. The lowest BCUT2D eigenvalue weighted by molar-refractivity contribution is -0.140. The Kier molecular flexibility index (Phi) is 5.72. The number of anilines is 1. The average Bonchev–Trinajstić information content (AvgIpc) is 2.46. The lowest BCUT2D eigenvalue weighted by atomic mass is 10.3. The van der Waals surface area contributed by atoms with Gasteiger partial charge < -0.3 is 14.4 Å². The maximum absolute atomic E-state index is 11.3. The van der Waals surface area contributed by atoms with Gasteiger partial charge in [-0.1, -0.05) is 0 Å². The fourth-order valence-corrected chi connectivity index (χ4v) is 1.42. The van der Waals surface area contributed by atoms with Gasteiger partial charge in [-0.25, -0.2) is 9.78 Å². The molecule has 104 valence electrons. The van der Waals surface area contributed by atoms with Crippen molar-refractivity contribution >= 4 is 17.8 Å². The molecule has 0 amide bonds. The molecule has 1 heterocycles. The van der Waals surface area contributed by atoms with Crippen LogP contribution in [0, 0.1) is 0 Å². The second-order valence-electron chi connectivity index (χ2n) is 3.86. The van der Waals surface area contributed by atoms with Crippen LogP contribution >= 0.6 is 0 Å². The van der Waals surface area contributed by atoms with Gasteiger partial charge in [0.15, 0.2) is 5.69 Å². The molecule has 1 rings (SSSR count). The summed E-state index contributed by atoms with van der Waals surface area (Å²) < 4.78 is 9.13. The first-order valence-corrected chi connectivity index (χ1v) is 5.76. The molecule has 0 saturated heterocycles. The SMILES string of the molecule is COC(=O)CCCN(C)c1cncc(C(=O)OC)n1. The summed E-state index contributed by atoms with van der Waals surface area (Å²) in [5.41, 5.74) is 0.153. The second-order valence-corrected chi connectivity index (χ2v) is 3.86. The van der Waals surface area contributed by atoms with E-state index in [0.717, 1.165) is 0 Å². The molecule has 0 aliphatic heterocycles. The predicted octanol–water partition coefficient (Wildman–Crippen LogP) is 0.653. The standard InChI is InChI=1S/C12H17N3O4/c1-15(6-4-5-11(16)18-2)10-8-13-7-9(14-10)12(17)19-3/h7-8H,4-6H2,1-3H3. The predicted molar refractivity (Wildman–Crippen MR) is 67.9 cm³/mol. The van der Waals surface area contributed by atoms with E-state index in [1.165, 1.54) is 20.4 Å². The summed E-state index contributed by atoms with van der Waals surface area (Å²) in [5.74, 6) is -0.229. The molecule has 1 aromatic rings. The number of esters is 2. The lowest BCUT2D eigenvalue weighted by Crippen LogP contribution is -2.22. The minimum atomic E-state index is -0.530. The van der Waals surface area contributed by atoms with Crippen molar-refractivity contribution < 1.29 is 19.1 Å². The topological polar surface area (TPSA) is 81.6 Å². The van der Waals surface area contributed by atoms with E-state index in [1.807, 2.05) is 11.9 Å². The second kappa shape index (κ2) is 7.30. The van der Waals surface area contributed by atoms with Gasteiger partial charge in [-0.05, 0) is 6.42 Å². The molecule has 0 radical (unpaired) electrons. The summed E-state index contributed by atoms with van der Waals surface area (Å²) in [6.45, 7) is 0.606. The van der Waals surface area contributed by atoms with Crippen LogP contribution in [0.1, 0.15) is 23.3 Å². The van der Waals surface area contributed by atoms with E-state index in [-0.39, 0.29) is 11.7 Å². The highest BCUT2D eigenvalue weighted by Gasteiger charge is 2.11. The van der Waals surface area contributed by atoms with Gasteiger partial charge in [-0.15, -0.1) is 0 Å². The van der Waals surface area contributed by atoms with Crippen LogP contribution < -0.4 is 4.90 Å². The molecule has 19 heavy (non-hydrogen) atoms. The molecule has 0 N–H and O–H groups in total. The van der Waals surface area contributed by atoms with E-state index in [2.05, 4.69) is 19.4 Å². The molecule has 0 spiro atoms. The van der Waals surface area contributed by atoms with Crippen molar-refractivity contribution in [2.24, 2.45) is 0 Å². The fourth-order valence-electron chi connectivity index (χ4n) is 1.42. The van der Waals surface area contributed by atoms with Crippen molar-refractivity contribution in [3.8, 4) is 0 Å². The van der Waals surface area contributed by atoms with Crippen molar-refractivity contribution in [1.82, 2.24) is 9.97 Å². The van der Waals surface area contributed by atoms with Gasteiger partial charge in [0.1, 0.15) is 5.82 Å². The molecule has 0 aromatic carbocycles. The summed E-state index contributed by atoms with van der Waals surface area (Å²) >= 11 is 0. The molecular weight excluding hydrogens is 250 g/mol. The van der Waals surface area contributed by atoms with E-state index in [0.29, 0.717) is 25.2 Å². The molecule has 0 bridgehead atoms. The molecule has 7 nitrogen and oxygen atoms in total. The van der Waals surface area contributed by atoms with E-state index in [4.69, 9.17) is 0 Å². The number of ether oxygens (including phenoxy) is 2. The molecular formula is C12H17N3O4. The first-order chi connectivity index (χ1) is 9.08. The van der Waals surface area contributed by atoms with Crippen LogP contribution in [0.2, 0.25) is 0 Å². The highest BCUT2D eigenvalue weighted by molar-refractivity contribution is 5.87. The third-order valence-electron chi connectivity index (χ3n) is 2.51.